The molecule has 3 rings (SSSR count). The molecule has 1 aliphatic rings. The fourth-order valence-electron chi connectivity index (χ4n) is 3.82. The number of carbonyl (C=O) groups is 2. The van der Waals surface area contributed by atoms with Crippen LogP contribution in [-0.4, -0.2) is 41.5 Å². The Morgan fingerprint density at radius 1 is 1.19 bits per heavy atom. The van der Waals surface area contributed by atoms with Gasteiger partial charge in [0.05, 0.1) is 35.4 Å². The molecule has 1 amide bonds. The van der Waals surface area contributed by atoms with Gasteiger partial charge in [0.15, 0.2) is 0 Å². The summed E-state index contributed by atoms with van der Waals surface area (Å²) < 4.78 is 11.1. The molecular formula is C24H25Cl2NO5. The standard InChI is InChI=1S/C24H25Cl2NO5/c1-5-9-27-20(14-7-6-8-16(10-14)32-13(2)3)19(22(29)24(27)30)21(28)17-11-15(25)12-18(26)23(17)31-4/h6-8,10-13,20,28H,5,9H2,1-4H3/b21-19+. The molecular weight excluding hydrogens is 453 g/mol. The van der Waals surface area contributed by atoms with Crippen molar-refractivity contribution in [3.8, 4) is 11.5 Å². The summed E-state index contributed by atoms with van der Waals surface area (Å²) in [5.41, 5.74) is 0.727. The molecule has 0 aromatic heterocycles. The van der Waals surface area contributed by atoms with Crippen LogP contribution in [0.15, 0.2) is 42.0 Å². The Labute approximate surface area is 197 Å². The first-order chi connectivity index (χ1) is 15.2. The van der Waals surface area contributed by atoms with Crippen molar-refractivity contribution in [2.45, 2.75) is 39.3 Å². The molecule has 0 bridgehead atoms. The Hall–Kier alpha value is -2.70. The first-order valence-corrected chi connectivity index (χ1v) is 11.0. The Morgan fingerprint density at radius 2 is 1.91 bits per heavy atom. The predicted octanol–water partition coefficient (Wildman–Crippen LogP) is 5.62. The van der Waals surface area contributed by atoms with Crippen LogP contribution >= 0.6 is 23.2 Å². The van der Waals surface area contributed by atoms with Gasteiger partial charge in [-0.2, -0.15) is 0 Å². The third kappa shape index (κ3) is 4.57. The molecule has 1 aliphatic heterocycles. The summed E-state index contributed by atoms with van der Waals surface area (Å²) >= 11 is 12.4. The highest BCUT2D eigenvalue weighted by Crippen LogP contribution is 2.43. The van der Waals surface area contributed by atoms with Crippen LogP contribution < -0.4 is 9.47 Å². The summed E-state index contributed by atoms with van der Waals surface area (Å²) in [6, 6.07) is 9.28. The maximum Gasteiger partial charge on any atom is 0.295 e. The summed E-state index contributed by atoms with van der Waals surface area (Å²) in [7, 11) is 1.39. The summed E-state index contributed by atoms with van der Waals surface area (Å²) in [6.07, 6.45) is 0.586. The number of Topliss-reactive ketones (excluding diaryl/α,β-unsaturated/α-hetero) is 1. The van der Waals surface area contributed by atoms with Crippen LogP contribution in [0.1, 0.15) is 44.4 Å². The molecule has 0 radical (unpaired) electrons. The minimum absolute atomic E-state index is 0.0508. The van der Waals surface area contributed by atoms with Crippen molar-refractivity contribution < 1.29 is 24.2 Å². The number of carbonyl (C=O) groups excluding carboxylic acids is 2. The molecule has 1 saturated heterocycles. The van der Waals surface area contributed by atoms with Gasteiger partial charge in [-0.05, 0) is 50.1 Å². The van der Waals surface area contributed by atoms with E-state index in [1.165, 1.54) is 24.1 Å². The van der Waals surface area contributed by atoms with Crippen molar-refractivity contribution in [2.75, 3.05) is 13.7 Å². The molecule has 2 aromatic carbocycles. The third-order valence-corrected chi connectivity index (χ3v) is 5.52. The second kappa shape index (κ2) is 9.84. The van der Waals surface area contributed by atoms with E-state index in [1.807, 2.05) is 20.8 Å². The van der Waals surface area contributed by atoms with Gasteiger partial charge in [0.2, 0.25) is 0 Å². The van der Waals surface area contributed by atoms with Crippen LogP contribution in [0.5, 0.6) is 11.5 Å². The first kappa shape index (κ1) is 24.0. The number of ether oxygens (including phenoxy) is 2. The third-order valence-electron chi connectivity index (χ3n) is 5.02. The smallest absolute Gasteiger partial charge is 0.295 e. The first-order valence-electron chi connectivity index (χ1n) is 10.3. The lowest BCUT2D eigenvalue weighted by atomic mass is 9.94. The lowest BCUT2D eigenvalue weighted by Crippen LogP contribution is -2.30. The van der Waals surface area contributed by atoms with Crippen molar-refractivity contribution in [3.05, 3.63) is 63.1 Å². The molecule has 1 N–H and O–H groups in total. The topological polar surface area (TPSA) is 76.1 Å². The van der Waals surface area contributed by atoms with E-state index in [9.17, 15) is 14.7 Å². The summed E-state index contributed by atoms with van der Waals surface area (Å²) in [4.78, 5) is 27.4. The van der Waals surface area contributed by atoms with Crippen LogP contribution in [0.3, 0.4) is 0 Å². The van der Waals surface area contributed by atoms with E-state index in [-0.39, 0.29) is 33.0 Å². The van der Waals surface area contributed by atoms with Gasteiger partial charge in [-0.1, -0.05) is 42.3 Å². The lowest BCUT2D eigenvalue weighted by molar-refractivity contribution is -0.139. The molecule has 2 aromatic rings. The molecule has 1 heterocycles. The molecule has 1 unspecified atom stereocenters. The number of hydrogen-bond donors (Lipinski definition) is 1. The van der Waals surface area contributed by atoms with Gasteiger partial charge in [0, 0.05) is 11.6 Å². The molecule has 1 fully saturated rings. The number of likely N-dealkylation sites (tertiary alicyclic amines) is 1. The van der Waals surface area contributed by atoms with Crippen molar-refractivity contribution in [1.29, 1.82) is 0 Å². The van der Waals surface area contributed by atoms with Crippen LogP contribution in [-0.2, 0) is 9.59 Å². The molecule has 0 saturated carbocycles. The van der Waals surface area contributed by atoms with Gasteiger partial charge in [0.25, 0.3) is 11.7 Å². The van der Waals surface area contributed by atoms with E-state index in [2.05, 4.69) is 0 Å². The number of amides is 1. The number of rotatable bonds is 7. The molecule has 8 heteroatoms. The maximum absolute atomic E-state index is 13.1. The molecule has 170 valence electrons. The lowest BCUT2D eigenvalue weighted by Gasteiger charge is -2.25. The van der Waals surface area contributed by atoms with Gasteiger partial charge in [0.1, 0.15) is 17.3 Å². The Morgan fingerprint density at radius 3 is 2.53 bits per heavy atom. The van der Waals surface area contributed by atoms with Gasteiger partial charge in [-0.15, -0.1) is 0 Å². The summed E-state index contributed by atoms with van der Waals surface area (Å²) in [5, 5.41) is 11.7. The monoisotopic (exact) mass is 477 g/mol. The fraction of sp³-hybridized carbons (Fsp3) is 0.333. The SMILES string of the molecule is CCCN1C(=O)C(=O)/C(=C(/O)c2cc(Cl)cc(Cl)c2OC)C1c1cccc(OC(C)C)c1. The Kier molecular flexibility index (Phi) is 7.36. The van der Waals surface area contributed by atoms with Crippen molar-refractivity contribution in [2.24, 2.45) is 0 Å². The van der Waals surface area contributed by atoms with Crippen molar-refractivity contribution in [1.82, 2.24) is 4.90 Å². The maximum atomic E-state index is 13.1. The number of hydrogen-bond acceptors (Lipinski definition) is 5. The average Bonchev–Trinajstić information content (AvgIpc) is 2.98. The zero-order valence-corrected chi connectivity index (χ0v) is 19.8. The Balaban J connectivity index is 2.25. The van der Waals surface area contributed by atoms with E-state index in [0.717, 1.165) is 0 Å². The number of nitrogens with zero attached hydrogens (tertiary/aromatic N) is 1. The number of benzene rings is 2. The molecule has 32 heavy (non-hydrogen) atoms. The fourth-order valence-corrected chi connectivity index (χ4v) is 4.39. The highest BCUT2D eigenvalue weighted by molar-refractivity contribution is 6.46. The quantitative estimate of drug-likeness (QED) is 0.318. The number of methoxy groups -OCH3 is 1. The average molecular weight is 478 g/mol. The molecule has 0 aliphatic carbocycles. The second-order valence-corrected chi connectivity index (χ2v) is 8.54. The zero-order chi connectivity index (χ0) is 23.6. The van der Waals surface area contributed by atoms with Gasteiger partial charge < -0.3 is 19.5 Å². The zero-order valence-electron chi connectivity index (χ0n) is 18.3. The van der Waals surface area contributed by atoms with E-state index in [0.29, 0.717) is 24.3 Å². The minimum atomic E-state index is -0.798. The van der Waals surface area contributed by atoms with E-state index in [1.54, 1.807) is 24.3 Å². The predicted molar refractivity (Wildman–Crippen MR) is 125 cm³/mol. The molecule has 1 atom stereocenters. The van der Waals surface area contributed by atoms with Gasteiger partial charge >= 0.3 is 0 Å². The molecule has 0 spiro atoms. The highest BCUT2D eigenvalue weighted by atomic mass is 35.5. The number of aliphatic hydroxyl groups excluding tert-OH is 1. The van der Waals surface area contributed by atoms with Crippen LogP contribution in [0, 0.1) is 0 Å². The van der Waals surface area contributed by atoms with Crippen molar-refractivity contribution in [3.63, 3.8) is 0 Å². The second-order valence-electron chi connectivity index (χ2n) is 7.70. The van der Waals surface area contributed by atoms with Crippen molar-refractivity contribution >= 4 is 40.7 Å². The highest BCUT2D eigenvalue weighted by Gasteiger charge is 2.46. The Bertz CT molecular complexity index is 1080. The van der Waals surface area contributed by atoms with E-state index >= 15 is 0 Å². The minimum Gasteiger partial charge on any atom is -0.507 e. The summed E-state index contributed by atoms with van der Waals surface area (Å²) in [5.74, 6) is -1.10. The summed E-state index contributed by atoms with van der Waals surface area (Å²) in [6.45, 7) is 6.07. The number of aliphatic hydroxyl groups is 1. The van der Waals surface area contributed by atoms with Crippen LogP contribution in [0.2, 0.25) is 10.0 Å². The normalized spacial score (nSPS) is 17.8. The molecule has 6 nitrogen and oxygen atoms in total. The van der Waals surface area contributed by atoms with Crippen LogP contribution in [0.4, 0.5) is 0 Å². The van der Waals surface area contributed by atoms with Gasteiger partial charge in [-0.3, -0.25) is 9.59 Å². The van der Waals surface area contributed by atoms with E-state index < -0.39 is 23.5 Å². The van der Waals surface area contributed by atoms with Gasteiger partial charge in [-0.25, -0.2) is 0 Å². The number of halogens is 2. The van der Waals surface area contributed by atoms with Crippen LogP contribution in [0.25, 0.3) is 5.76 Å². The largest absolute Gasteiger partial charge is 0.507 e. The van der Waals surface area contributed by atoms with E-state index in [4.69, 9.17) is 32.7 Å². The number of ketones is 1.